The second-order valence-electron chi connectivity index (χ2n) is 6.13. The summed E-state index contributed by atoms with van der Waals surface area (Å²) in [6, 6.07) is 13.5. The smallest absolute Gasteiger partial charge is 0.339 e. The first kappa shape index (κ1) is 19.8. The molecule has 8 heteroatoms. The van der Waals surface area contributed by atoms with Gasteiger partial charge in [0.1, 0.15) is 5.82 Å². The number of nitrogens with zero attached hydrogens (tertiary/aromatic N) is 1. The fraction of sp³-hybridized carbons (Fsp3) is 0.150. The van der Waals surface area contributed by atoms with Gasteiger partial charge in [-0.05, 0) is 74.0 Å². The van der Waals surface area contributed by atoms with Gasteiger partial charge in [0, 0.05) is 11.4 Å². The molecule has 3 aromatic rings. The highest BCUT2D eigenvalue weighted by Gasteiger charge is 2.21. The Kier molecular flexibility index (Phi) is 5.35. The molecule has 28 heavy (non-hydrogen) atoms. The Morgan fingerprint density at radius 2 is 1.71 bits per heavy atom. The number of carbonyl (C=O) groups excluding carboxylic acids is 1. The first-order valence-corrected chi connectivity index (χ1v) is 10.1. The minimum Gasteiger partial charge on any atom is -0.462 e. The summed E-state index contributed by atoms with van der Waals surface area (Å²) in [6.45, 7) is 3.71. The Balaban J connectivity index is 2.20. The Bertz CT molecular complexity index is 1120. The number of halogens is 1. The summed E-state index contributed by atoms with van der Waals surface area (Å²) in [7, 11) is -3.82. The molecule has 0 atom stereocenters. The molecule has 0 unspecified atom stereocenters. The Labute approximate surface area is 162 Å². The van der Waals surface area contributed by atoms with Crippen LogP contribution in [0, 0.1) is 12.7 Å². The van der Waals surface area contributed by atoms with Crippen LogP contribution in [0.25, 0.3) is 16.9 Å². The van der Waals surface area contributed by atoms with Crippen molar-refractivity contribution in [1.29, 1.82) is 0 Å². The molecule has 0 aliphatic heterocycles. The van der Waals surface area contributed by atoms with E-state index in [1.54, 1.807) is 48.7 Å². The molecule has 3 rings (SSSR count). The van der Waals surface area contributed by atoms with Crippen molar-refractivity contribution in [1.82, 2.24) is 4.57 Å². The van der Waals surface area contributed by atoms with E-state index in [1.807, 2.05) is 0 Å². The molecule has 0 bridgehead atoms. The number of ether oxygens (including phenoxy) is 1. The Morgan fingerprint density at radius 3 is 2.25 bits per heavy atom. The Morgan fingerprint density at radius 1 is 1.11 bits per heavy atom. The average molecular weight is 402 g/mol. The second-order valence-corrected chi connectivity index (χ2v) is 7.69. The number of esters is 1. The maximum Gasteiger partial charge on any atom is 0.339 e. The zero-order chi connectivity index (χ0) is 20.5. The molecule has 0 amide bonds. The van der Waals surface area contributed by atoms with Crippen molar-refractivity contribution in [2.45, 2.75) is 18.7 Å². The number of nitrogens with two attached hydrogens (primary N) is 1. The maximum atomic E-state index is 13.3. The number of aromatic nitrogens is 1. The summed E-state index contributed by atoms with van der Waals surface area (Å²) in [5.41, 5.74) is 2.94. The third kappa shape index (κ3) is 3.83. The van der Waals surface area contributed by atoms with Crippen molar-refractivity contribution in [3.05, 3.63) is 71.7 Å². The minimum atomic E-state index is -3.82. The van der Waals surface area contributed by atoms with Crippen molar-refractivity contribution < 1.29 is 22.3 Å². The van der Waals surface area contributed by atoms with Crippen molar-refractivity contribution in [3.8, 4) is 16.9 Å². The highest BCUT2D eigenvalue weighted by molar-refractivity contribution is 7.89. The lowest BCUT2D eigenvalue weighted by Crippen LogP contribution is -2.12. The first-order valence-electron chi connectivity index (χ1n) is 8.51. The van der Waals surface area contributed by atoms with Crippen LogP contribution >= 0.6 is 0 Å². The monoisotopic (exact) mass is 402 g/mol. The molecule has 146 valence electrons. The zero-order valence-corrected chi connectivity index (χ0v) is 16.2. The van der Waals surface area contributed by atoms with Gasteiger partial charge >= 0.3 is 5.97 Å². The molecule has 0 fully saturated rings. The first-order chi connectivity index (χ1) is 13.2. The molecule has 1 heterocycles. The molecule has 2 aromatic carbocycles. The number of carbonyl (C=O) groups is 1. The number of hydrogen-bond donors (Lipinski definition) is 1. The fourth-order valence-corrected chi connectivity index (χ4v) is 3.49. The number of hydrogen-bond acceptors (Lipinski definition) is 4. The third-order valence-corrected chi connectivity index (χ3v) is 5.24. The second kappa shape index (κ2) is 7.57. The molecule has 2 N–H and O–H groups in total. The van der Waals surface area contributed by atoms with Crippen LogP contribution in [0.3, 0.4) is 0 Å². The highest BCUT2D eigenvalue weighted by Crippen LogP contribution is 2.30. The normalized spacial score (nSPS) is 11.4. The quantitative estimate of drug-likeness (QED) is 0.662. The summed E-state index contributed by atoms with van der Waals surface area (Å²) < 4.78 is 43.3. The molecule has 0 radical (unpaired) electrons. The summed E-state index contributed by atoms with van der Waals surface area (Å²) in [4.78, 5) is 12.3. The van der Waals surface area contributed by atoms with Crippen molar-refractivity contribution in [2.24, 2.45) is 5.14 Å². The SMILES string of the molecule is CCOC(=O)c1cc(-c2ccc(F)cc2)n(-c2ccc(S(N)(=O)=O)cc2)c1C. The van der Waals surface area contributed by atoms with Crippen LogP contribution in [0.5, 0.6) is 0 Å². The predicted molar refractivity (Wildman–Crippen MR) is 103 cm³/mol. The van der Waals surface area contributed by atoms with Gasteiger partial charge in [-0.25, -0.2) is 22.7 Å². The van der Waals surface area contributed by atoms with Gasteiger partial charge in [0.25, 0.3) is 0 Å². The van der Waals surface area contributed by atoms with E-state index >= 15 is 0 Å². The van der Waals surface area contributed by atoms with E-state index < -0.39 is 16.0 Å². The minimum absolute atomic E-state index is 0.0185. The van der Waals surface area contributed by atoms with Gasteiger partial charge in [-0.1, -0.05) is 0 Å². The van der Waals surface area contributed by atoms with Crippen LogP contribution < -0.4 is 5.14 Å². The highest BCUT2D eigenvalue weighted by atomic mass is 32.2. The number of benzene rings is 2. The third-order valence-electron chi connectivity index (χ3n) is 4.31. The predicted octanol–water partition coefficient (Wildman–Crippen LogP) is 3.42. The van der Waals surface area contributed by atoms with E-state index in [9.17, 15) is 17.6 Å². The van der Waals surface area contributed by atoms with Crippen LogP contribution in [0.1, 0.15) is 23.0 Å². The van der Waals surface area contributed by atoms with Crippen LogP contribution in [0.4, 0.5) is 4.39 Å². The van der Waals surface area contributed by atoms with Gasteiger partial charge in [-0.15, -0.1) is 0 Å². The lowest BCUT2D eigenvalue weighted by Gasteiger charge is -2.13. The Hall–Kier alpha value is -2.97. The van der Waals surface area contributed by atoms with Crippen molar-refractivity contribution >= 4 is 16.0 Å². The standard InChI is InChI=1S/C20H19FN2O4S/c1-3-27-20(24)18-12-19(14-4-6-15(21)7-5-14)23(13(18)2)16-8-10-17(11-9-16)28(22,25)26/h4-12H,3H2,1-2H3,(H2,22,25,26). The molecule has 1 aromatic heterocycles. The van der Waals surface area contributed by atoms with Gasteiger partial charge in [0.2, 0.25) is 10.0 Å². The van der Waals surface area contributed by atoms with Gasteiger partial charge in [0.15, 0.2) is 0 Å². The summed E-state index contributed by atoms with van der Waals surface area (Å²) in [5.74, 6) is -0.843. The van der Waals surface area contributed by atoms with E-state index in [-0.39, 0.29) is 17.3 Å². The van der Waals surface area contributed by atoms with E-state index in [0.717, 1.165) is 0 Å². The lowest BCUT2D eigenvalue weighted by molar-refractivity contribution is 0.0525. The van der Waals surface area contributed by atoms with Crippen LogP contribution in [0.15, 0.2) is 59.5 Å². The summed E-state index contributed by atoms with van der Waals surface area (Å²) in [6.07, 6.45) is 0. The molecular formula is C20H19FN2O4S. The topological polar surface area (TPSA) is 91.4 Å². The van der Waals surface area contributed by atoms with Crippen LogP contribution in [0.2, 0.25) is 0 Å². The van der Waals surface area contributed by atoms with Gasteiger partial charge < -0.3 is 9.30 Å². The molecule has 0 aliphatic rings. The largest absolute Gasteiger partial charge is 0.462 e. The van der Waals surface area contributed by atoms with Crippen LogP contribution in [-0.2, 0) is 14.8 Å². The number of primary sulfonamides is 1. The zero-order valence-electron chi connectivity index (χ0n) is 15.3. The number of rotatable bonds is 5. The van der Waals surface area contributed by atoms with Gasteiger partial charge in [-0.2, -0.15) is 0 Å². The molecular weight excluding hydrogens is 383 g/mol. The van der Waals surface area contributed by atoms with E-state index in [1.165, 1.54) is 24.3 Å². The fourth-order valence-electron chi connectivity index (χ4n) is 2.97. The molecule has 0 aliphatic carbocycles. The van der Waals surface area contributed by atoms with Crippen molar-refractivity contribution in [3.63, 3.8) is 0 Å². The van der Waals surface area contributed by atoms with Crippen molar-refractivity contribution in [2.75, 3.05) is 6.61 Å². The average Bonchev–Trinajstić information content (AvgIpc) is 2.99. The van der Waals surface area contributed by atoms with Gasteiger partial charge in [-0.3, -0.25) is 0 Å². The molecule has 0 spiro atoms. The van der Waals surface area contributed by atoms with Gasteiger partial charge in [0.05, 0.1) is 22.8 Å². The van der Waals surface area contributed by atoms with E-state index in [0.29, 0.717) is 28.2 Å². The van der Waals surface area contributed by atoms with Crippen LogP contribution in [-0.4, -0.2) is 25.6 Å². The molecule has 0 saturated carbocycles. The molecule has 0 saturated heterocycles. The molecule has 6 nitrogen and oxygen atoms in total. The lowest BCUT2D eigenvalue weighted by atomic mass is 10.1. The van der Waals surface area contributed by atoms with E-state index in [4.69, 9.17) is 9.88 Å². The maximum absolute atomic E-state index is 13.3. The number of sulfonamides is 1. The summed E-state index contributed by atoms with van der Waals surface area (Å²) >= 11 is 0. The van der Waals surface area contributed by atoms with E-state index in [2.05, 4.69) is 0 Å². The summed E-state index contributed by atoms with van der Waals surface area (Å²) in [5, 5.41) is 5.16.